The molecule has 2 aromatic rings. The molecule has 0 aliphatic carbocycles. The van der Waals surface area contributed by atoms with Gasteiger partial charge in [0.25, 0.3) is 0 Å². The van der Waals surface area contributed by atoms with Crippen LogP contribution in [0.5, 0.6) is 0 Å². The van der Waals surface area contributed by atoms with Crippen LogP contribution >= 0.6 is 0 Å². The molecule has 0 N–H and O–H groups in total. The molecule has 5 atom stereocenters. The van der Waals surface area contributed by atoms with Gasteiger partial charge in [0, 0.05) is 36.2 Å². The number of carbonyl (C=O) groups is 1. The molecule has 0 saturated carbocycles. The molecule has 130 valence electrons. The number of rotatable bonds is 1. The summed E-state index contributed by atoms with van der Waals surface area (Å²) >= 11 is 0. The number of piperidine rings is 3. The lowest BCUT2D eigenvalue weighted by molar-refractivity contribution is -0.157. The number of aromatic nitrogens is 1. The third-order valence-electron chi connectivity index (χ3n) is 6.83. The summed E-state index contributed by atoms with van der Waals surface area (Å²) in [5, 5.41) is 1.35. The predicted molar refractivity (Wildman–Crippen MR) is 97.2 cm³/mol. The molecular weight excluding hydrogens is 312 g/mol. The van der Waals surface area contributed by atoms with E-state index >= 15 is 0 Å². The molecule has 4 bridgehead atoms. The van der Waals surface area contributed by atoms with Crippen LogP contribution in [0, 0.1) is 11.8 Å². The number of hydrogen-bond acceptors (Lipinski definition) is 3. The molecule has 1 unspecified atom stereocenters. The van der Waals surface area contributed by atoms with E-state index in [0.717, 1.165) is 19.4 Å². The Labute approximate surface area is 148 Å². The van der Waals surface area contributed by atoms with E-state index < -0.39 is 0 Å². The van der Waals surface area contributed by atoms with Gasteiger partial charge in [0.1, 0.15) is 0 Å². The van der Waals surface area contributed by atoms with E-state index in [1.807, 2.05) is 0 Å². The lowest BCUT2D eigenvalue weighted by Crippen LogP contribution is -2.62. The molecular formula is C21H24N2O2. The van der Waals surface area contributed by atoms with Gasteiger partial charge >= 0.3 is 5.97 Å². The Morgan fingerprint density at radius 3 is 2.88 bits per heavy atom. The lowest BCUT2D eigenvalue weighted by Gasteiger charge is -2.57. The lowest BCUT2D eigenvalue weighted by atomic mass is 9.64. The van der Waals surface area contributed by atoms with Crippen molar-refractivity contribution in [3.8, 4) is 0 Å². The Morgan fingerprint density at radius 2 is 2.12 bits per heavy atom. The monoisotopic (exact) mass is 336 g/mol. The van der Waals surface area contributed by atoms with Gasteiger partial charge in [-0.25, -0.2) is 0 Å². The zero-order valence-electron chi connectivity index (χ0n) is 15.0. The SMILES string of the molecule is CC=C1CN2[C@H]3C[C@@H]1[C@H](C(=O)OC)[C@@H]2Cc1c3n(C)c2ccccc12. The molecule has 3 saturated heterocycles. The van der Waals surface area contributed by atoms with Crippen LogP contribution in [0.25, 0.3) is 10.9 Å². The number of para-hydroxylation sites is 1. The zero-order valence-corrected chi connectivity index (χ0v) is 15.0. The molecule has 4 nitrogen and oxygen atoms in total. The largest absolute Gasteiger partial charge is 0.469 e. The third kappa shape index (κ3) is 1.83. The van der Waals surface area contributed by atoms with E-state index in [-0.39, 0.29) is 17.9 Å². The maximum absolute atomic E-state index is 12.6. The van der Waals surface area contributed by atoms with Gasteiger partial charge in [-0.2, -0.15) is 0 Å². The molecule has 3 fully saturated rings. The molecule has 5 heterocycles. The van der Waals surface area contributed by atoms with Gasteiger partial charge in [0.2, 0.25) is 0 Å². The Kier molecular flexibility index (Phi) is 3.17. The molecule has 4 heteroatoms. The molecule has 0 radical (unpaired) electrons. The second-order valence-corrected chi connectivity index (χ2v) is 7.65. The van der Waals surface area contributed by atoms with Gasteiger partial charge in [-0.05, 0) is 37.3 Å². The van der Waals surface area contributed by atoms with Gasteiger partial charge in [-0.1, -0.05) is 29.8 Å². The quantitative estimate of drug-likeness (QED) is 0.592. The number of fused-ring (bicyclic) bond motifs is 4. The standard InChI is InChI=1S/C21H24N2O2/c1-4-12-11-23-17-10-15-13-7-5-6-8-16(13)22(2)20(15)18(23)9-14(12)19(17)21(24)25-3/h4-8,14,17-19H,9-11H2,1-3H3/t14-,17-,18-,19-/m0/s1. The molecule has 1 aromatic carbocycles. The normalized spacial score (nSPS) is 34.4. The molecule has 0 amide bonds. The number of carbonyl (C=O) groups excluding carboxylic acids is 1. The highest BCUT2D eigenvalue weighted by Gasteiger charge is 2.55. The fraction of sp³-hybridized carbons (Fsp3) is 0.476. The van der Waals surface area contributed by atoms with Crippen molar-refractivity contribution in [1.82, 2.24) is 9.47 Å². The summed E-state index contributed by atoms with van der Waals surface area (Å²) < 4.78 is 7.59. The Hall–Kier alpha value is -2.07. The van der Waals surface area contributed by atoms with Crippen LogP contribution in [-0.2, 0) is 23.0 Å². The van der Waals surface area contributed by atoms with Crippen LogP contribution in [0.15, 0.2) is 35.9 Å². The molecule has 6 rings (SSSR count). The van der Waals surface area contributed by atoms with Crippen molar-refractivity contribution < 1.29 is 9.53 Å². The van der Waals surface area contributed by atoms with Crippen LogP contribution in [0.3, 0.4) is 0 Å². The van der Waals surface area contributed by atoms with Crippen LogP contribution < -0.4 is 0 Å². The number of aryl methyl sites for hydroxylation is 1. The molecule has 25 heavy (non-hydrogen) atoms. The van der Waals surface area contributed by atoms with E-state index in [9.17, 15) is 4.79 Å². The number of hydrogen-bond donors (Lipinski definition) is 0. The first kappa shape index (κ1) is 15.2. The van der Waals surface area contributed by atoms with Crippen molar-refractivity contribution in [2.24, 2.45) is 18.9 Å². The van der Waals surface area contributed by atoms with Crippen molar-refractivity contribution in [3.63, 3.8) is 0 Å². The third-order valence-corrected chi connectivity index (χ3v) is 6.83. The first-order valence-corrected chi connectivity index (χ1v) is 9.20. The summed E-state index contributed by atoms with van der Waals surface area (Å²) in [5.74, 6) is 0.248. The van der Waals surface area contributed by atoms with E-state index in [1.54, 1.807) is 0 Å². The first-order chi connectivity index (χ1) is 12.2. The fourth-order valence-electron chi connectivity index (χ4n) is 5.78. The summed E-state index contributed by atoms with van der Waals surface area (Å²) in [4.78, 5) is 15.2. The summed E-state index contributed by atoms with van der Waals surface area (Å²) in [5.41, 5.74) is 5.62. The van der Waals surface area contributed by atoms with Crippen LogP contribution in [0.4, 0.5) is 0 Å². The molecule has 4 aliphatic rings. The van der Waals surface area contributed by atoms with Gasteiger partial charge < -0.3 is 9.30 Å². The zero-order chi connectivity index (χ0) is 17.3. The average Bonchev–Trinajstić information content (AvgIpc) is 2.93. The van der Waals surface area contributed by atoms with Crippen molar-refractivity contribution >= 4 is 16.9 Å². The summed E-state index contributed by atoms with van der Waals surface area (Å²) in [6.45, 7) is 3.09. The van der Waals surface area contributed by atoms with Crippen LogP contribution in [-0.4, -0.2) is 35.1 Å². The van der Waals surface area contributed by atoms with E-state index in [2.05, 4.69) is 53.8 Å². The van der Waals surface area contributed by atoms with Gasteiger partial charge in [-0.3, -0.25) is 9.69 Å². The highest BCUT2D eigenvalue weighted by atomic mass is 16.5. The first-order valence-electron chi connectivity index (χ1n) is 9.20. The van der Waals surface area contributed by atoms with E-state index in [0.29, 0.717) is 12.0 Å². The van der Waals surface area contributed by atoms with Gasteiger partial charge in [0.15, 0.2) is 0 Å². The number of methoxy groups -OCH3 is 1. The highest BCUT2D eigenvalue weighted by molar-refractivity contribution is 5.86. The van der Waals surface area contributed by atoms with Gasteiger partial charge in [-0.15, -0.1) is 0 Å². The topological polar surface area (TPSA) is 34.5 Å². The Bertz CT molecular complexity index is 910. The number of benzene rings is 1. The second-order valence-electron chi connectivity index (χ2n) is 7.65. The Balaban J connectivity index is 1.71. The number of allylic oxidation sites excluding steroid dienone is 1. The van der Waals surface area contributed by atoms with Crippen molar-refractivity contribution in [2.75, 3.05) is 13.7 Å². The fourth-order valence-corrected chi connectivity index (χ4v) is 5.78. The summed E-state index contributed by atoms with van der Waals surface area (Å²) in [7, 11) is 3.72. The van der Waals surface area contributed by atoms with E-state index in [1.165, 1.54) is 34.8 Å². The highest BCUT2D eigenvalue weighted by Crippen LogP contribution is 2.54. The number of nitrogens with zero attached hydrogens (tertiary/aromatic N) is 2. The smallest absolute Gasteiger partial charge is 0.310 e. The molecule has 1 aromatic heterocycles. The molecule has 4 aliphatic heterocycles. The predicted octanol–water partition coefficient (Wildman–Crippen LogP) is 3.22. The summed E-state index contributed by atoms with van der Waals surface area (Å²) in [6, 6.07) is 9.35. The van der Waals surface area contributed by atoms with Gasteiger partial charge in [0.05, 0.1) is 19.1 Å². The number of ether oxygens (including phenoxy) is 1. The van der Waals surface area contributed by atoms with E-state index in [4.69, 9.17) is 4.74 Å². The van der Waals surface area contributed by atoms with Crippen molar-refractivity contribution in [1.29, 1.82) is 0 Å². The second kappa shape index (κ2) is 5.21. The minimum absolute atomic E-state index is 0.0340. The van der Waals surface area contributed by atoms with Crippen LogP contribution in [0.1, 0.15) is 30.6 Å². The van der Waals surface area contributed by atoms with Crippen molar-refractivity contribution in [2.45, 2.75) is 31.8 Å². The summed E-state index contributed by atoms with van der Waals surface area (Å²) in [6.07, 6.45) is 4.18. The maximum Gasteiger partial charge on any atom is 0.310 e. The minimum Gasteiger partial charge on any atom is -0.469 e. The minimum atomic E-state index is -0.0406. The van der Waals surface area contributed by atoms with Crippen LogP contribution in [0.2, 0.25) is 0 Å². The van der Waals surface area contributed by atoms with Crippen molar-refractivity contribution in [3.05, 3.63) is 47.2 Å². The average molecular weight is 336 g/mol. The number of esters is 1. The molecule has 0 spiro atoms. The Morgan fingerprint density at radius 1 is 1.32 bits per heavy atom. The maximum atomic E-state index is 12.6.